The molecule has 0 amide bonds. The van der Waals surface area contributed by atoms with Gasteiger partial charge in [-0.05, 0) is 42.7 Å². The van der Waals surface area contributed by atoms with Crippen molar-refractivity contribution in [2.75, 3.05) is 17.2 Å². The summed E-state index contributed by atoms with van der Waals surface area (Å²) in [5, 5.41) is 27.6. The van der Waals surface area contributed by atoms with Crippen LogP contribution in [0.15, 0.2) is 36.7 Å². The fourth-order valence-electron chi connectivity index (χ4n) is 4.25. The first-order valence-electron chi connectivity index (χ1n) is 10.5. The van der Waals surface area contributed by atoms with Gasteiger partial charge in [0.05, 0.1) is 12.3 Å². The first kappa shape index (κ1) is 20.2. The van der Waals surface area contributed by atoms with Gasteiger partial charge in [-0.3, -0.25) is 0 Å². The van der Waals surface area contributed by atoms with E-state index in [9.17, 15) is 10.4 Å². The minimum atomic E-state index is -0.293. The number of nitrogens with zero attached hydrogens (tertiary/aromatic N) is 3. The Bertz CT molecular complexity index is 1070. The van der Waals surface area contributed by atoms with E-state index in [-0.39, 0.29) is 17.6 Å². The zero-order valence-electron chi connectivity index (χ0n) is 17.4. The topological polar surface area (TPSA) is 110 Å². The third-order valence-electron chi connectivity index (χ3n) is 6.07. The van der Waals surface area contributed by atoms with Crippen LogP contribution in [0.4, 0.5) is 11.8 Å². The van der Waals surface area contributed by atoms with Gasteiger partial charge in [0.1, 0.15) is 17.5 Å². The smallest absolute Gasteiger partial charge is 0.224 e. The Kier molecular flexibility index (Phi) is 5.60. The summed E-state index contributed by atoms with van der Waals surface area (Å²) in [6.07, 6.45) is 6.57. The number of aliphatic hydroxyl groups is 1. The van der Waals surface area contributed by atoms with Gasteiger partial charge in [-0.2, -0.15) is 10.2 Å². The number of benzene rings is 1. The number of rotatable bonds is 6. The second-order valence-corrected chi connectivity index (χ2v) is 8.73. The van der Waals surface area contributed by atoms with Gasteiger partial charge in [-0.25, -0.2) is 4.98 Å². The monoisotopic (exact) mass is 404 g/mol. The minimum absolute atomic E-state index is 0.157. The van der Waals surface area contributed by atoms with Crippen LogP contribution < -0.4 is 10.6 Å². The second-order valence-electron chi connectivity index (χ2n) is 8.73. The van der Waals surface area contributed by atoms with Crippen LogP contribution >= 0.6 is 0 Å². The summed E-state index contributed by atoms with van der Waals surface area (Å²) in [4.78, 5) is 12.1. The molecule has 0 saturated heterocycles. The first-order valence-corrected chi connectivity index (χ1v) is 10.5. The molecule has 2 atom stereocenters. The number of aromatic amines is 1. The molecule has 2 heterocycles. The summed E-state index contributed by atoms with van der Waals surface area (Å²) >= 11 is 0. The quantitative estimate of drug-likeness (QED) is 0.497. The van der Waals surface area contributed by atoms with Crippen molar-refractivity contribution < 1.29 is 5.11 Å². The molecule has 4 N–H and O–H groups in total. The second kappa shape index (κ2) is 8.33. The van der Waals surface area contributed by atoms with Crippen molar-refractivity contribution in [3.05, 3.63) is 47.8 Å². The van der Waals surface area contributed by atoms with Gasteiger partial charge in [-0.15, -0.1) is 0 Å². The third-order valence-corrected chi connectivity index (χ3v) is 6.07. The number of fused-ring (bicyclic) bond motifs is 1. The Morgan fingerprint density at radius 1 is 1.30 bits per heavy atom. The molecule has 0 spiro atoms. The molecular formula is C23H28N6O. The Balaban J connectivity index is 1.42. The normalized spacial score (nSPS) is 20.6. The molecular weight excluding hydrogens is 376 g/mol. The van der Waals surface area contributed by atoms with Crippen molar-refractivity contribution in [1.82, 2.24) is 15.0 Å². The number of nitriles is 1. The summed E-state index contributed by atoms with van der Waals surface area (Å²) in [6, 6.07) is 10.6. The molecule has 1 aliphatic rings. The molecule has 2 aromatic heterocycles. The van der Waals surface area contributed by atoms with Crippen LogP contribution in [0.1, 0.15) is 44.2 Å². The van der Waals surface area contributed by atoms with E-state index >= 15 is 0 Å². The SMILES string of the molecule is CC1(C)C[C@H](Nc2nc(NCCc3c[nH]c4ccccc34)ncc2C#N)CC[C@@H]1O. The molecule has 0 aliphatic heterocycles. The maximum absolute atomic E-state index is 10.2. The highest BCUT2D eigenvalue weighted by molar-refractivity contribution is 5.83. The molecule has 0 bridgehead atoms. The molecule has 0 radical (unpaired) electrons. The number of H-pyrrole nitrogens is 1. The molecule has 30 heavy (non-hydrogen) atoms. The molecule has 1 saturated carbocycles. The van der Waals surface area contributed by atoms with E-state index in [1.807, 2.05) is 18.3 Å². The summed E-state index contributed by atoms with van der Waals surface area (Å²) in [6.45, 7) is 4.85. The van der Waals surface area contributed by atoms with E-state index in [1.54, 1.807) is 6.20 Å². The zero-order valence-corrected chi connectivity index (χ0v) is 17.4. The lowest BCUT2D eigenvalue weighted by molar-refractivity contribution is 0.00926. The number of aromatic nitrogens is 3. The highest BCUT2D eigenvalue weighted by Gasteiger charge is 2.35. The largest absolute Gasteiger partial charge is 0.393 e. The van der Waals surface area contributed by atoms with Gasteiger partial charge < -0.3 is 20.7 Å². The van der Waals surface area contributed by atoms with Gasteiger partial charge in [0.15, 0.2) is 0 Å². The van der Waals surface area contributed by atoms with Crippen molar-refractivity contribution >= 4 is 22.7 Å². The van der Waals surface area contributed by atoms with Crippen molar-refractivity contribution in [2.24, 2.45) is 5.41 Å². The fraction of sp³-hybridized carbons (Fsp3) is 0.435. The molecule has 1 aliphatic carbocycles. The first-order chi connectivity index (χ1) is 14.5. The van der Waals surface area contributed by atoms with Crippen LogP contribution in [0.3, 0.4) is 0 Å². The highest BCUT2D eigenvalue weighted by atomic mass is 16.3. The van der Waals surface area contributed by atoms with Crippen molar-refractivity contribution in [2.45, 2.75) is 51.7 Å². The number of hydrogen-bond donors (Lipinski definition) is 4. The summed E-state index contributed by atoms with van der Waals surface area (Å²) in [5.74, 6) is 1.06. The Morgan fingerprint density at radius 2 is 2.13 bits per heavy atom. The van der Waals surface area contributed by atoms with Crippen LogP contribution in [0, 0.1) is 16.7 Å². The van der Waals surface area contributed by atoms with Crippen LogP contribution in [0.25, 0.3) is 10.9 Å². The molecule has 3 aromatic rings. The summed E-state index contributed by atoms with van der Waals surface area (Å²) in [5.41, 5.74) is 2.65. The average molecular weight is 405 g/mol. The number of aliphatic hydroxyl groups excluding tert-OH is 1. The molecule has 1 fully saturated rings. The minimum Gasteiger partial charge on any atom is -0.393 e. The predicted molar refractivity (Wildman–Crippen MR) is 118 cm³/mol. The van der Waals surface area contributed by atoms with Gasteiger partial charge in [0.25, 0.3) is 0 Å². The number of nitrogens with one attached hydrogen (secondary N) is 3. The van der Waals surface area contributed by atoms with Gasteiger partial charge in [0.2, 0.25) is 5.95 Å². The zero-order chi connectivity index (χ0) is 21.1. The van der Waals surface area contributed by atoms with Crippen molar-refractivity contribution in [3.8, 4) is 6.07 Å². The maximum Gasteiger partial charge on any atom is 0.224 e. The van der Waals surface area contributed by atoms with Gasteiger partial charge in [-0.1, -0.05) is 32.0 Å². The molecule has 0 unspecified atom stereocenters. The fourth-order valence-corrected chi connectivity index (χ4v) is 4.25. The van der Waals surface area contributed by atoms with Crippen LogP contribution in [-0.4, -0.2) is 38.7 Å². The molecule has 1 aromatic carbocycles. The van der Waals surface area contributed by atoms with Crippen molar-refractivity contribution in [1.29, 1.82) is 5.26 Å². The summed E-state index contributed by atoms with van der Waals surface area (Å²) < 4.78 is 0. The van der Waals surface area contributed by atoms with Gasteiger partial charge in [0, 0.05) is 29.7 Å². The molecule has 156 valence electrons. The number of para-hydroxylation sites is 1. The van der Waals surface area contributed by atoms with E-state index in [2.05, 4.69) is 57.6 Å². The Hall–Kier alpha value is -3.11. The molecule has 7 nitrogen and oxygen atoms in total. The lowest BCUT2D eigenvalue weighted by Crippen LogP contribution is -2.41. The van der Waals surface area contributed by atoms with Crippen molar-refractivity contribution in [3.63, 3.8) is 0 Å². The maximum atomic E-state index is 10.2. The Morgan fingerprint density at radius 3 is 2.93 bits per heavy atom. The van der Waals surface area contributed by atoms with E-state index in [4.69, 9.17) is 0 Å². The molecule has 4 rings (SSSR count). The van der Waals surface area contributed by atoms with Gasteiger partial charge >= 0.3 is 0 Å². The summed E-state index contributed by atoms with van der Waals surface area (Å²) in [7, 11) is 0. The van der Waals surface area contributed by atoms with E-state index in [1.165, 1.54) is 10.9 Å². The number of anilines is 2. The highest BCUT2D eigenvalue weighted by Crippen LogP contribution is 2.37. The lowest BCUT2D eigenvalue weighted by atomic mass is 9.73. The van der Waals surface area contributed by atoms with E-state index < -0.39 is 0 Å². The van der Waals surface area contributed by atoms with Crippen LogP contribution in [0.2, 0.25) is 0 Å². The van der Waals surface area contributed by atoms with E-state index in [0.29, 0.717) is 23.9 Å². The number of hydrogen-bond acceptors (Lipinski definition) is 6. The van der Waals surface area contributed by atoms with Crippen LogP contribution in [-0.2, 0) is 6.42 Å². The lowest BCUT2D eigenvalue weighted by Gasteiger charge is -2.40. The van der Waals surface area contributed by atoms with E-state index in [0.717, 1.165) is 31.2 Å². The standard InChI is InChI=1S/C23H28N6O/c1-23(2)11-17(7-8-20(23)30)28-21-16(12-24)14-27-22(29-21)25-10-9-15-13-26-19-6-4-3-5-18(15)19/h3-6,13-14,17,20,26,30H,7-11H2,1-2H3,(H2,25,27,28,29)/t17-,20+/m1/s1. The van der Waals surface area contributed by atoms with Crippen LogP contribution in [0.5, 0.6) is 0 Å². The average Bonchev–Trinajstić information content (AvgIpc) is 3.14. The molecule has 7 heteroatoms. The third kappa shape index (κ3) is 4.24. The Labute approximate surface area is 176 Å². The predicted octanol–water partition coefficient (Wildman–Crippen LogP) is 3.84.